The van der Waals surface area contributed by atoms with Gasteiger partial charge in [-0.05, 0) is 36.6 Å². The molecule has 102 valence electrons. The van der Waals surface area contributed by atoms with E-state index in [0.29, 0.717) is 18.4 Å². The number of aryl methyl sites for hydroxylation is 2. The lowest BCUT2D eigenvalue weighted by Crippen LogP contribution is -2.04. The van der Waals surface area contributed by atoms with Crippen LogP contribution in [0, 0.1) is 5.82 Å². The second-order valence-electron chi connectivity index (χ2n) is 4.39. The molecule has 0 bridgehead atoms. The molecule has 0 fully saturated rings. The molecule has 0 saturated heterocycles. The summed E-state index contributed by atoms with van der Waals surface area (Å²) in [6.45, 7) is 0. The summed E-state index contributed by atoms with van der Waals surface area (Å²) in [4.78, 5) is 0. The van der Waals surface area contributed by atoms with Gasteiger partial charge in [-0.1, -0.05) is 6.07 Å². The summed E-state index contributed by atoms with van der Waals surface area (Å²) < 4.78 is 20.1. The summed E-state index contributed by atoms with van der Waals surface area (Å²) in [7, 11) is 3.27. The third kappa shape index (κ3) is 3.12. The topological polar surface area (TPSA) is 47.3 Å². The molecule has 2 aromatic rings. The molecule has 5 heteroatoms. The zero-order valence-electron chi connectivity index (χ0n) is 11.0. The second-order valence-corrected chi connectivity index (χ2v) is 4.39. The molecule has 0 spiro atoms. The molecule has 1 heterocycles. The van der Waals surface area contributed by atoms with Gasteiger partial charge < -0.3 is 9.84 Å². The van der Waals surface area contributed by atoms with Crippen LogP contribution in [0.3, 0.4) is 0 Å². The van der Waals surface area contributed by atoms with Crippen LogP contribution >= 0.6 is 0 Å². The molecule has 0 saturated carbocycles. The van der Waals surface area contributed by atoms with E-state index < -0.39 is 11.9 Å². The maximum absolute atomic E-state index is 13.5. The fraction of sp³-hybridized carbons (Fsp3) is 0.357. The van der Waals surface area contributed by atoms with Gasteiger partial charge in [0.2, 0.25) is 0 Å². The number of halogens is 1. The van der Waals surface area contributed by atoms with Crippen molar-refractivity contribution in [2.24, 2.45) is 7.05 Å². The first-order chi connectivity index (χ1) is 9.11. The molecule has 2 rings (SSSR count). The summed E-state index contributed by atoms with van der Waals surface area (Å²) in [5.41, 5.74) is 1.59. The Bertz CT molecular complexity index is 554. The fourth-order valence-electron chi connectivity index (χ4n) is 1.99. The third-order valence-corrected chi connectivity index (χ3v) is 3.16. The van der Waals surface area contributed by atoms with E-state index in [1.807, 2.05) is 13.1 Å². The highest BCUT2D eigenvalue weighted by Gasteiger charge is 2.12. The monoisotopic (exact) mass is 264 g/mol. The Balaban J connectivity index is 2.02. The van der Waals surface area contributed by atoms with Crippen molar-refractivity contribution in [1.82, 2.24) is 9.78 Å². The zero-order valence-corrected chi connectivity index (χ0v) is 11.0. The summed E-state index contributed by atoms with van der Waals surface area (Å²) in [6.07, 6.45) is 2.22. The van der Waals surface area contributed by atoms with Crippen LogP contribution in [0.25, 0.3) is 0 Å². The van der Waals surface area contributed by atoms with Crippen LogP contribution in [-0.2, 0) is 13.5 Å². The molecule has 0 amide bonds. The Labute approximate surface area is 111 Å². The van der Waals surface area contributed by atoms with Crippen molar-refractivity contribution in [3.05, 3.63) is 47.5 Å². The quantitative estimate of drug-likeness (QED) is 0.901. The lowest BCUT2D eigenvalue weighted by atomic mass is 10.0. The van der Waals surface area contributed by atoms with E-state index in [9.17, 15) is 9.50 Å². The summed E-state index contributed by atoms with van der Waals surface area (Å²) >= 11 is 0. The van der Waals surface area contributed by atoms with Crippen LogP contribution in [-0.4, -0.2) is 22.0 Å². The number of aliphatic hydroxyl groups excluding tert-OH is 1. The van der Waals surface area contributed by atoms with Crippen LogP contribution in [0.1, 0.15) is 23.8 Å². The van der Waals surface area contributed by atoms with Gasteiger partial charge in [-0.25, -0.2) is 4.39 Å². The Morgan fingerprint density at radius 2 is 2.21 bits per heavy atom. The minimum Gasteiger partial charge on any atom is -0.494 e. The van der Waals surface area contributed by atoms with Gasteiger partial charge in [-0.3, -0.25) is 4.68 Å². The number of hydrogen-bond acceptors (Lipinski definition) is 3. The predicted molar refractivity (Wildman–Crippen MR) is 69.4 cm³/mol. The number of nitrogens with zero attached hydrogens (tertiary/aromatic N) is 2. The third-order valence-electron chi connectivity index (χ3n) is 3.16. The highest BCUT2D eigenvalue weighted by molar-refractivity contribution is 5.30. The minimum absolute atomic E-state index is 0.183. The average Bonchev–Trinajstić information content (AvgIpc) is 2.81. The number of ether oxygens (including phenoxy) is 1. The number of benzene rings is 1. The summed E-state index contributed by atoms with van der Waals surface area (Å²) in [5.74, 6) is -0.276. The van der Waals surface area contributed by atoms with Crippen LogP contribution in [0.4, 0.5) is 4.39 Å². The predicted octanol–water partition coefficient (Wildman–Crippen LogP) is 2.23. The van der Waals surface area contributed by atoms with Crippen molar-refractivity contribution in [2.45, 2.75) is 18.9 Å². The first kappa shape index (κ1) is 13.5. The molecule has 1 unspecified atom stereocenters. The molecular formula is C14H17FN2O2. The van der Waals surface area contributed by atoms with Crippen molar-refractivity contribution < 1.29 is 14.2 Å². The molecule has 1 N–H and O–H groups in total. The molecule has 0 aliphatic carbocycles. The SMILES string of the molecule is COc1ccc(C(O)CCc2ccnn2C)cc1F. The molecule has 1 atom stereocenters. The van der Waals surface area contributed by atoms with E-state index in [4.69, 9.17) is 4.74 Å². The smallest absolute Gasteiger partial charge is 0.165 e. The maximum Gasteiger partial charge on any atom is 0.165 e. The van der Waals surface area contributed by atoms with E-state index in [-0.39, 0.29) is 5.75 Å². The molecular weight excluding hydrogens is 247 g/mol. The van der Waals surface area contributed by atoms with Crippen LogP contribution in [0.2, 0.25) is 0 Å². The first-order valence-corrected chi connectivity index (χ1v) is 6.10. The zero-order chi connectivity index (χ0) is 13.8. The molecule has 0 aliphatic rings. The van der Waals surface area contributed by atoms with Crippen LogP contribution < -0.4 is 4.74 Å². The molecule has 4 nitrogen and oxygen atoms in total. The highest BCUT2D eigenvalue weighted by Crippen LogP contribution is 2.24. The lowest BCUT2D eigenvalue weighted by Gasteiger charge is -2.12. The van der Waals surface area contributed by atoms with E-state index in [1.165, 1.54) is 19.2 Å². The van der Waals surface area contributed by atoms with Gasteiger partial charge in [-0.15, -0.1) is 0 Å². The van der Waals surface area contributed by atoms with Gasteiger partial charge in [0.05, 0.1) is 13.2 Å². The molecule has 0 aliphatic heterocycles. The molecule has 19 heavy (non-hydrogen) atoms. The summed E-state index contributed by atoms with van der Waals surface area (Å²) in [6, 6.07) is 6.42. The van der Waals surface area contributed by atoms with Gasteiger partial charge in [0.15, 0.2) is 11.6 Å². The van der Waals surface area contributed by atoms with Crippen molar-refractivity contribution in [3.8, 4) is 5.75 Å². The van der Waals surface area contributed by atoms with E-state index in [1.54, 1.807) is 16.9 Å². The first-order valence-electron chi connectivity index (χ1n) is 6.10. The number of rotatable bonds is 5. The second kappa shape index (κ2) is 5.84. The van der Waals surface area contributed by atoms with E-state index >= 15 is 0 Å². The van der Waals surface area contributed by atoms with Gasteiger partial charge in [0, 0.05) is 18.9 Å². The van der Waals surface area contributed by atoms with Gasteiger partial charge in [-0.2, -0.15) is 5.10 Å². The van der Waals surface area contributed by atoms with Crippen molar-refractivity contribution >= 4 is 0 Å². The standard InChI is InChI=1S/C14H17FN2O2/c1-17-11(7-8-16-17)4-5-13(18)10-3-6-14(19-2)12(15)9-10/h3,6-9,13,18H,4-5H2,1-2H3. The fourth-order valence-corrected chi connectivity index (χ4v) is 1.99. The van der Waals surface area contributed by atoms with Crippen LogP contribution in [0.5, 0.6) is 5.75 Å². The normalized spacial score (nSPS) is 12.4. The lowest BCUT2D eigenvalue weighted by molar-refractivity contribution is 0.166. The highest BCUT2D eigenvalue weighted by atomic mass is 19.1. The van der Waals surface area contributed by atoms with Crippen molar-refractivity contribution in [3.63, 3.8) is 0 Å². The average molecular weight is 264 g/mol. The largest absolute Gasteiger partial charge is 0.494 e. The number of methoxy groups -OCH3 is 1. The number of aromatic nitrogens is 2. The molecule has 0 radical (unpaired) electrons. The Morgan fingerprint density at radius 3 is 2.79 bits per heavy atom. The van der Waals surface area contributed by atoms with Crippen molar-refractivity contribution in [2.75, 3.05) is 7.11 Å². The number of hydrogen-bond donors (Lipinski definition) is 1. The Morgan fingerprint density at radius 1 is 1.42 bits per heavy atom. The van der Waals surface area contributed by atoms with E-state index in [2.05, 4.69) is 5.10 Å². The van der Waals surface area contributed by atoms with Gasteiger partial charge in [0.1, 0.15) is 0 Å². The number of aliphatic hydroxyl groups is 1. The Kier molecular flexibility index (Phi) is 4.16. The van der Waals surface area contributed by atoms with Crippen LogP contribution in [0.15, 0.2) is 30.5 Å². The minimum atomic E-state index is -0.699. The summed E-state index contributed by atoms with van der Waals surface area (Å²) in [5, 5.41) is 14.1. The van der Waals surface area contributed by atoms with Gasteiger partial charge in [0.25, 0.3) is 0 Å². The Hall–Kier alpha value is -1.88. The van der Waals surface area contributed by atoms with Gasteiger partial charge >= 0.3 is 0 Å². The molecule has 1 aromatic heterocycles. The van der Waals surface area contributed by atoms with E-state index in [0.717, 1.165) is 5.69 Å². The molecule has 1 aromatic carbocycles. The maximum atomic E-state index is 13.5. The van der Waals surface area contributed by atoms with Crippen molar-refractivity contribution in [1.29, 1.82) is 0 Å².